The van der Waals surface area contributed by atoms with Crippen LogP contribution in [0, 0.1) is 12.8 Å². The van der Waals surface area contributed by atoms with Crippen molar-refractivity contribution >= 4 is 28.7 Å². The topological polar surface area (TPSA) is 93.7 Å². The van der Waals surface area contributed by atoms with E-state index in [9.17, 15) is 14.4 Å². The molecule has 2 N–H and O–H groups in total. The van der Waals surface area contributed by atoms with Gasteiger partial charge in [0.05, 0.1) is 18.9 Å². The minimum atomic E-state index is -0.802. The van der Waals surface area contributed by atoms with Crippen molar-refractivity contribution in [2.75, 3.05) is 26.7 Å². The summed E-state index contributed by atoms with van der Waals surface area (Å²) in [5.41, 5.74) is 3.03. The number of carbonyl (C=O) groups is 3. The Bertz CT molecular complexity index is 865. The van der Waals surface area contributed by atoms with Gasteiger partial charge in [-0.05, 0) is 37.0 Å². The van der Waals surface area contributed by atoms with E-state index in [0.717, 1.165) is 22.0 Å². The molecule has 144 valence electrons. The van der Waals surface area contributed by atoms with Gasteiger partial charge in [0.1, 0.15) is 0 Å². The number of likely N-dealkylation sites (tertiary alicyclic amines) is 1. The van der Waals surface area contributed by atoms with Gasteiger partial charge in [-0.25, -0.2) is 0 Å². The number of carboxylic acids is 1. The van der Waals surface area contributed by atoms with E-state index in [4.69, 9.17) is 5.11 Å². The number of fused-ring (bicyclic) bond motifs is 1. The number of aromatic nitrogens is 1. The minimum Gasteiger partial charge on any atom is -0.481 e. The molecule has 0 unspecified atom stereocenters. The van der Waals surface area contributed by atoms with E-state index in [-0.39, 0.29) is 30.7 Å². The molecule has 0 saturated carbocycles. The fraction of sp³-hybridized carbons (Fsp3) is 0.450. The van der Waals surface area contributed by atoms with Gasteiger partial charge in [0.2, 0.25) is 11.8 Å². The van der Waals surface area contributed by atoms with Crippen LogP contribution in [0.15, 0.2) is 24.4 Å². The summed E-state index contributed by atoms with van der Waals surface area (Å²) < 4.78 is 0. The van der Waals surface area contributed by atoms with E-state index >= 15 is 0 Å². The highest BCUT2D eigenvalue weighted by Crippen LogP contribution is 2.23. The number of hydrogen-bond donors (Lipinski definition) is 2. The average Bonchev–Trinajstić information content (AvgIpc) is 3.05. The number of rotatable bonds is 5. The Morgan fingerprint density at radius 2 is 1.96 bits per heavy atom. The summed E-state index contributed by atoms with van der Waals surface area (Å²) in [4.78, 5) is 42.3. The smallest absolute Gasteiger partial charge is 0.306 e. The summed E-state index contributed by atoms with van der Waals surface area (Å²) >= 11 is 0. The second-order valence-corrected chi connectivity index (χ2v) is 7.23. The van der Waals surface area contributed by atoms with Crippen LogP contribution in [0.1, 0.15) is 24.0 Å². The van der Waals surface area contributed by atoms with E-state index in [1.54, 1.807) is 11.9 Å². The van der Waals surface area contributed by atoms with E-state index in [1.165, 1.54) is 4.90 Å². The molecule has 7 heteroatoms. The molecule has 0 radical (unpaired) electrons. The fourth-order valence-corrected chi connectivity index (χ4v) is 3.66. The van der Waals surface area contributed by atoms with Crippen LogP contribution in [0.25, 0.3) is 10.9 Å². The van der Waals surface area contributed by atoms with E-state index in [1.807, 2.05) is 31.3 Å². The van der Waals surface area contributed by atoms with Crippen LogP contribution in [-0.4, -0.2) is 64.4 Å². The number of carboxylic acid groups (broad SMARTS) is 1. The second kappa shape index (κ2) is 7.82. The molecular formula is C20H25N3O4. The predicted molar refractivity (Wildman–Crippen MR) is 101 cm³/mol. The number of piperidine rings is 1. The molecule has 1 aromatic carbocycles. The quantitative estimate of drug-likeness (QED) is 0.838. The van der Waals surface area contributed by atoms with Gasteiger partial charge < -0.3 is 19.9 Å². The maximum Gasteiger partial charge on any atom is 0.306 e. The lowest BCUT2D eigenvalue weighted by Gasteiger charge is -2.31. The first-order valence-electron chi connectivity index (χ1n) is 9.17. The third kappa shape index (κ3) is 4.13. The van der Waals surface area contributed by atoms with Crippen molar-refractivity contribution in [2.45, 2.75) is 26.2 Å². The molecule has 1 saturated heterocycles. The Labute approximate surface area is 157 Å². The molecule has 1 fully saturated rings. The Balaban J connectivity index is 1.57. The lowest BCUT2D eigenvalue weighted by molar-refractivity contribution is -0.146. The van der Waals surface area contributed by atoms with Crippen LogP contribution in [0.5, 0.6) is 0 Å². The van der Waals surface area contributed by atoms with Gasteiger partial charge in [-0.3, -0.25) is 14.4 Å². The zero-order chi connectivity index (χ0) is 19.6. The number of H-pyrrole nitrogens is 1. The summed E-state index contributed by atoms with van der Waals surface area (Å²) in [6, 6.07) is 5.96. The number of likely N-dealkylation sites (N-methyl/N-ethyl adjacent to an activating group) is 1. The highest BCUT2D eigenvalue weighted by Gasteiger charge is 2.28. The van der Waals surface area contributed by atoms with Crippen LogP contribution >= 0.6 is 0 Å². The van der Waals surface area contributed by atoms with Crippen molar-refractivity contribution in [1.82, 2.24) is 14.8 Å². The summed E-state index contributed by atoms with van der Waals surface area (Å²) in [7, 11) is 1.63. The third-order valence-corrected chi connectivity index (χ3v) is 5.33. The second-order valence-electron chi connectivity index (χ2n) is 7.23. The number of nitrogens with one attached hydrogen (secondary N) is 1. The third-order valence-electron chi connectivity index (χ3n) is 5.33. The molecule has 1 aromatic heterocycles. The first-order valence-corrected chi connectivity index (χ1v) is 9.17. The molecule has 2 amide bonds. The summed E-state index contributed by atoms with van der Waals surface area (Å²) in [5, 5.41) is 10.1. The standard InChI is InChI=1S/C20H25N3O4/c1-13-4-3-5-16-19(13)15(11-21-16)10-17(24)22(2)12-18(25)23-8-6-14(7-9-23)20(26)27/h3-5,11,14,21H,6-10,12H2,1-2H3,(H,26,27). The normalized spacial score (nSPS) is 15.1. The van der Waals surface area contributed by atoms with Crippen molar-refractivity contribution in [3.63, 3.8) is 0 Å². The summed E-state index contributed by atoms with van der Waals surface area (Å²) in [6.45, 7) is 2.88. The Hall–Kier alpha value is -2.83. The Morgan fingerprint density at radius 3 is 2.63 bits per heavy atom. The maximum absolute atomic E-state index is 12.6. The molecule has 0 bridgehead atoms. The lowest BCUT2D eigenvalue weighted by Crippen LogP contribution is -2.45. The fourth-order valence-electron chi connectivity index (χ4n) is 3.66. The first kappa shape index (κ1) is 18.9. The van der Waals surface area contributed by atoms with E-state index < -0.39 is 5.97 Å². The van der Waals surface area contributed by atoms with Crippen LogP contribution in [0.2, 0.25) is 0 Å². The summed E-state index contributed by atoms with van der Waals surface area (Å²) in [5.74, 6) is -1.43. The van der Waals surface area contributed by atoms with Crippen LogP contribution in [-0.2, 0) is 20.8 Å². The molecule has 7 nitrogen and oxygen atoms in total. The highest BCUT2D eigenvalue weighted by atomic mass is 16.4. The maximum atomic E-state index is 12.6. The van der Waals surface area contributed by atoms with Crippen LogP contribution in [0.4, 0.5) is 0 Å². The molecule has 1 aliphatic rings. The van der Waals surface area contributed by atoms with Crippen molar-refractivity contribution in [3.05, 3.63) is 35.5 Å². The molecule has 0 atom stereocenters. The van der Waals surface area contributed by atoms with Crippen molar-refractivity contribution in [3.8, 4) is 0 Å². The van der Waals surface area contributed by atoms with Gasteiger partial charge in [-0.15, -0.1) is 0 Å². The number of aryl methyl sites for hydroxylation is 1. The van der Waals surface area contributed by atoms with Gasteiger partial charge in [-0.1, -0.05) is 12.1 Å². The monoisotopic (exact) mass is 371 g/mol. The van der Waals surface area contributed by atoms with Gasteiger partial charge >= 0.3 is 5.97 Å². The number of aliphatic carboxylic acids is 1. The zero-order valence-corrected chi connectivity index (χ0v) is 15.7. The Morgan fingerprint density at radius 1 is 1.26 bits per heavy atom. The zero-order valence-electron chi connectivity index (χ0n) is 15.7. The first-order chi connectivity index (χ1) is 12.9. The van der Waals surface area contributed by atoms with Crippen LogP contribution < -0.4 is 0 Å². The number of aromatic amines is 1. The SMILES string of the molecule is Cc1cccc2[nH]cc(CC(=O)N(C)CC(=O)N3CCC(C(=O)O)CC3)c12. The molecule has 3 rings (SSSR count). The number of nitrogens with zero attached hydrogens (tertiary/aromatic N) is 2. The molecule has 0 spiro atoms. The highest BCUT2D eigenvalue weighted by molar-refractivity contribution is 5.92. The summed E-state index contributed by atoms with van der Waals surface area (Å²) in [6.07, 6.45) is 3.01. The Kier molecular flexibility index (Phi) is 5.48. The lowest BCUT2D eigenvalue weighted by atomic mass is 9.97. The van der Waals surface area contributed by atoms with Gasteiger partial charge in [0.15, 0.2) is 0 Å². The van der Waals surface area contributed by atoms with Gasteiger partial charge in [-0.2, -0.15) is 0 Å². The van der Waals surface area contributed by atoms with Crippen LogP contribution in [0.3, 0.4) is 0 Å². The molecule has 1 aliphatic heterocycles. The molecule has 2 aromatic rings. The molecule has 2 heterocycles. The molecular weight excluding hydrogens is 346 g/mol. The average molecular weight is 371 g/mol. The largest absolute Gasteiger partial charge is 0.481 e. The van der Waals surface area contributed by atoms with Crippen molar-refractivity contribution in [2.24, 2.45) is 5.92 Å². The number of benzene rings is 1. The number of amides is 2. The van der Waals surface area contributed by atoms with E-state index in [0.29, 0.717) is 25.9 Å². The predicted octanol–water partition coefficient (Wildman–Crippen LogP) is 1.80. The minimum absolute atomic E-state index is 0.0118. The number of carbonyl (C=O) groups excluding carboxylic acids is 2. The van der Waals surface area contributed by atoms with Gasteiger partial charge in [0, 0.05) is 37.2 Å². The van der Waals surface area contributed by atoms with Gasteiger partial charge in [0.25, 0.3) is 0 Å². The van der Waals surface area contributed by atoms with E-state index in [2.05, 4.69) is 4.98 Å². The van der Waals surface area contributed by atoms with Crippen molar-refractivity contribution in [1.29, 1.82) is 0 Å². The number of hydrogen-bond acceptors (Lipinski definition) is 3. The van der Waals surface area contributed by atoms with Crippen molar-refractivity contribution < 1.29 is 19.5 Å². The molecule has 27 heavy (non-hydrogen) atoms. The molecule has 0 aliphatic carbocycles.